The molecule has 0 heterocycles. The van der Waals surface area contributed by atoms with E-state index >= 15 is 0 Å². The van der Waals surface area contributed by atoms with Gasteiger partial charge < -0.3 is 9.84 Å². The van der Waals surface area contributed by atoms with E-state index < -0.39 is 11.9 Å². The minimum absolute atomic E-state index is 0.324. The number of aliphatic carboxylic acids is 1. The highest BCUT2D eigenvalue weighted by molar-refractivity contribution is 5.74. The topological polar surface area (TPSA) is 63.6 Å². The van der Waals surface area contributed by atoms with Crippen LogP contribution in [0, 0.1) is 11.8 Å². The smallest absolute Gasteiger partial charge is 0.308 e. The van der Waals surface area contributed by atoms with Gasteiger partial charge in [-0.15, -0.1) is 0 Å². The molecule has 0 amide bonds. The van der Waals surface area contributed by atoms with E-state index in [1.54, 1.807) is 20.8 Å². The molecule has 0 rings (SSSR count). The molecule has 1 N–H and O–H groups in total. The van der Waals surface area contributed by atoms with Gasteiger partial charge >= 0.3 is 11.9 Å². The standard InChI is InChI=1S/C9H16O4/c1-4-13-9(12)7(3)5-6(2)8(10)11/h6-7H,4-5H2,1-3H3,(H,10,11)/t6-,7+/m0/s1. The van der Waals surface area contributed by atoms with Gasteiger partial charge in [0.05, 0.1) is 18.4 Å². The maximum atomic E-state index is 11.1. The summed E-state index contributed by atoms with van der Waals surface area (Å²) in [5, 5.41) is 8.59. The van der Waals surface area contributed by atoms with Crippen molar-refractivity contribution in [2.75, 3.05) is 6.61 Å². The monoisotopic (exact) mass is 188 g/mol. The lowest BCUT2D eigenvalue weighted by Crippen LogP contribution is -2.20. The third kappa shape index (κ3) is 4.50. The molecule has 0 saturated carbocycles. The van der Waals surface area contributed by atoms with Gasteiger partial charge in [-0.2, -0.15) is 0 Å². The molecule has 0 bridgehead atoms. The van der Waals surface area contributed by atoms with Gasteiger partial charge in [0.2, 0.25) is 0 Å². The number of esters is 1. The fraction of sp³-hybridized carbons (Fsp3) is 0.778. The number of carboxylic acids is 1. The van der Waals surface area contributed by atoms with Gasteiger partial charge in [-0.3, -0.25) is 9.59 Å². The van der Waals surface area contributed by atoms with Crippen molar-refractivity contribution in [1.82, 2.24) is 0 Å². The summed E-state index contributed by atoms with van der Waals surface area (Å²) in [4.78, 5) is 21.5. The van der Waals surface area contributed by atoms with E-state index in [1.807, 2.05) is 0 Å². The highest BCUT2D eigenvalue weighted by Crippen LogP contribution is 2.13. The van der Waals surface area contributed by atoms with E-state index in [4.69, 9.17) is 9.84 Å². The molecule has 0 spiro atoms. The number of rotatable bonds is 5. The second-order valence-corrected chi connectivity index (χ2v) is 3.13. The largest absolute Gasteiger partial charge is 0.481 e. The molecular weight excluding hydrogens is 172 g/mol. The molecule has 13 heavy (non-hydrogen) atoms. The van der Waals surface area contributed by atoms with Crippen LogP contribution in [0.1, 0.15) is 27.2 Å². The number of carbonyl (C=O) groups excluding carboxylic acids is 1. The minimum atomic E-state index is -0.879. The van der Waals surface area contributed by atoms with E-state index in [-0.39, 0.29) is 11.9 Å². The van der Waals surface area contributed by atoms with Crippen molar-refractivity contribution < 1.29 is 19.4 Å². The molecule has 4 nitrogen and oxygen atoms in total. The summed E-state index contributed by atoms with van der Waals surface area (Å²) >= 11 is 0. The molecular formula is C9H16O4. The highest BCUT2D eigenvalue weighted by atomic mass is 16.5. The molecule has 0 saturated heterocycles. The van der Waals surface area contributed by atoms with Crippen LogP contribution in [0.4, 0.5) is 0 Å². The van der Waals surface area contributed by atoms with E-state index in [0.717, 1.165) is 0 Å². The average molecular weight is 188 g/mol. The molecule has 4 heteroatoms. The SMILES string of the molecule is CCOC(=O)[C@H](C)C[C@H](C)C(=O)O. The Morgan fingerprint density at radius 1 is 1.31 bits per heavy atom. The zero-order valence-corrected chi connectivity index (χ0v) is 8.24. The van der Waals surface area contributed by atoms with Gasteiger partial charge in [0.15, 0.2) is 0 Å². The van der Waals surface area contributed by atoms with Crippen molar-refractivity contribution >= 4 is 11.9 Å². The fourth-order valence-electron chi connectivity index (χ4n) is 1.01. The summed E-state index contributed by atoms with van der Waals surface area (Å²) < 4.78 is 4.75. The fourth-order valence-corrected chi connectivity index (χ4v) is 1.01. The number of hydrogen-bond acceptors (Lipinski definition) is 3. The summed E-state index contributed by atoms with van der Waals surface area (Å²) in [6.45, 7) is 5.32. The molecule has 76 valence electrons. The molecule has 2 atom stereocenters. The molecule has 0 aromatic carbocycles. The van der Waals surface area contributed by atoms with Gasteiger partial charge in [-0.1, -0.05) is 13.8 Å². The van der Waals surface area contributed by atoms with E-state index in [9.17, 15) is 9.59 Å². The predicted octanol–water partition coefficient (Wildman–Crippen LogP) is 1.30. The summed E-state index contributed by atoms with van der Waals surface area (Å²) in [6, 6.07) is 0. The van der Waals surface area contributed by atoms with E-state index in [1.165, 1.54) is 0 Å². The first-order valence-corrected chi connectivity index (χ1v) is 4.38. The van der Waals surface area contributed by atoms with Crippen LogP contribution in [0.5, 0.6) is 0 Å². The minimum Gasteiger partial charge on any atom is -0.481 e. The van der Waals surface area contributed by atoms with Crippen LogP contribution in [-0.2, 0) is 14.3 Å². The summed E-state index contributed by atoms with van der Waals surface area (Å²) in [5.41, 5.74) is 0. The number of ether oxygens (including phenoxy) is 1. The Morgan fingerprint density at radius 2 is 1.85 bits per heavy atom. The lowest BCUT2D eigenvalue weighted by Gasteiger charge is -2.12. The van der Waals surface area contributed by atoms with Crippen LogP contribution < -0.4 is 0 Å². The van der Waals surface area contributed by atoms with Crippen LogP contribution in [-0.4, -0.2) is 23.7 Å². The van der Waals surface area contributed by atoms with Crippen molar-refractivity contribution in [3.05, 3.63) is 0 Å². The second-order valence-electron chi connectivity index (χ2n) is 3.13. The van der Waals surface area contributed by atoms with Gasteiger partial charge in [0.25, 0.3) is 0 Å². The Balaban J connectivity index is 3.92. The van der Waals surface area contributed by atoms with Crippen LogP contribution in [0.3, 0.4) is 0 Å². The van der Waals surface area contributed by atoms with Gasteiger partial charge in [-0.05, 0) is 13.3 Å². The quantitative estimate of drug-likeness (QED) is 0.660. The lowest BCUT2D eigenvalue weighted by molar-refractivity contribution is -0.149. The third-order valence-electron chi connectivity index (χ3n) is 1.82. The van der Waals surface area contributed by atoms with Gasteiger partial charge in [-0.25, -0.2) is 0 Å². The molecule has 0 unspecified atom stereocenters. The lowest BCUT2D eigenvalue weighted by atomic mass is 9.98. The van der Waals surface area contributed by atoms with Crippen molar-refractivity contribution in [2.24, 2.45) is 11.8 Å². The Labute approximate surface area is 77.9 Å². The van der Waals surface area contributed by atoms with Crippen molar-refractivity contribution in [3.8, 4) is 0 Å². The van der Waals surface area contributed by atoms with E-state index in [2.05, 4.69) is 0 Å². The molecule has 0 radical (unpaired) electrons. The first-order valence-electron chi connectivity index (χ1n) is 4.38. The van der Waals surface area contributed by atoms with Crippen LogP contribution in [0.15, 0.2) is 0 Å². The summed E-state index contributed by atoms with van der Waals surface area (Å²) in [6.07, 6.45) is 0.328. The zero-order valence-electron chi connectivity index (χ0n) is 8.24. The van der Waals surface area contributed by atoms with Crippen molar-refractivity contribution in [1.29, 1.82) is 0 Å². The van der Waals surface area contributed by atoms with Crippen LogP contribution in [0.2, 0.25) is 0 Å². The van der Waals surface area contributed by atoms with Crippen molar-refractivity contribution in [2.45, 2.75) is 27.2 Å². The molecule has 0 aromatic heterocycles. The summed E-state index contributed by atoms with van der Waals surface area (Å²) in [5.74, 6) is -2.04. The van der Waals surface area contributed by atoms with Gasteiger partial charge in [0.1, 0.15) is 0 Å². The Hall–Kier alpha value is -1.06. The average Bonchev–Trinajstić information content (AvgIpc) is 2.04. The number of carbonyl (C=O) groups is 2. The molecule has 0 aliphatic heterocycles. The van der Waals surface area contributed by atoms with Gasteiger partial charge in [0, 0.05) is 0 Å². The first kappa shape index (κ1) is 11.9. The zero-order chi connectivity index (χ0) is 10.4. The van der Waals surface area contributed by atoms with Crippen LogP contribution in [0.25, 0.3) is 0 Å². The maximum Gasteiger partial charge on any atom is 0.308 e. The predicted molar refractivity (Wildman–Crippen MR) is 47.2 cm³/mol. The van der Waals surface area contributed by atoms with Crippen molar-refractivity contribution in [3.63, 3.8) is 0 Å². The third-order valence-corrected chi connectivity index (χ3v) is 1.82. The highest BCUT2D eigenvalue weighted by Gasteiger charge is 2.20. The summed E-state index contributed by atoms with van der Waals surface area (Å²) in [7, 11) is 0. The molecule has 0 aliphatic rings. The molecule has 0 aliphatic carbocycles. The Morgan fingerprint density at radius 3 is 2.23 bits per heavy atom. The normalized spacial score (nSPS) is 14.7. The first-order chi connectivity index (χ1) is 5.99. The second kappa shape index (κ2) is 5.56. The number of carboxylic acid groups (broad SMARTS) is 1. The van der Waals surface area contributed by atoms with Crippen LogP contribution >= 0.6 is 0 Å². The maximum absolute atomic E-state index is 11.1. The van der Waals surface area contributed by atoms with E-state index in [0.29, 0.717) is 13.0 Å². The Kier molecular flexibility index (Phi) is 5.11. The number of hydrogen-bond donors (Lipinski definition) is 1. The molecule has 0 aromatic rings. The molecule has 0 fully saturated rings. The Bertz CT molecular complexity index is 188.